The first kappa shape index (κ1) is 14.3. The Hall–Kier alpha value is -2.66. The van der Waals surface area contributed by atoms with Crippen LogP contribution in [-0.4, -0.2) is 13.0 Å². The lowest BCUT2D eigenvalue weighted by Crippen LogP contribution is -2.12. The lowest BCUT2D eigenvalue weighted by Gasteiger charge is -2.06. The van der Waals surface area contributed by atoms with Gasteiger partial charge in [-0.1, -0.05) is 29.5 Å². The fourth-order valence-corrected chi connectivity index (χ4v) is 2.94. The molecule has 0 saturated carbocycles. The standard InChI is InChI=1S/C17H13NO3S/c1-21-13-8-6-12(7-9-13)18-16(19)15-10-11-4-2-3-5-14(11)17(20)22-15/h2-10H,1H3,(H,18,19). The predicted molar refractivity (Wildman–Crippen MR) is 89.0 cm³/mol. The Labute approximate surface area is 131 Å². The number of carbonyl (C=O) groups excluding carboxylic acids is 1. The van der Waals surface area contributed by atoms with Crippen LogP contribution in [0.2, 0.25) is 0 Å². The quantitative estimate of drug-likeness (QED) is 0.805. The van der Waals surface area contributed by atoms with Crippen LogP contribution in [0.25, 0.3) is 10.8 Å². The lowest BCUT2D eigenvalue weighted by atomic mass is 10.2. The Bertz CT molecular complexity index is 884. The maximum Gasteiger partial charge on any atom is 0.265 e. The summed E-state index contributed by atoms with van der Waals surface area (Å²) in [6.45, 7) is 0. The van der Waals surface area contributed by atoms with Crippen molar-refractivity contribution in [1.82, 2.24) is 0 Å². The molecule has 0 aliphatic carbocycles. The van der Waals surface area contributed by atoms with Crippen molar-refractivity contribution in [3.63, 3.8) is 0 Å². The minimum Gasteiger partial charge on any atom is -0.497 e. The Kier molecular flexibility index (Phi) is 3.89. The summed E-state index contributed by atoms with van der Waals surface area (Å²) in [6.07, 6.45) is 0. The average molecular weight is 311 g/mol. The van der Waals surface area contributed by atoms with Gasteiger partial charge < -0.3 is 10.1 Å². The topological polar surface area (TPSA) is 55.4 Å². The summed E-state index contributed by atoms with van der Waals surface area (Å²) in [5.74, 6) is 0.423. The molecule has 1 N–H and O–H groups in total. The minimum absolute atomic E-state index is 0.113. The van der Waals surface area contributed by atoms with Crippen LogP contribution in [0.5, 0.6) is 5.75 Å². The Morgan fingerprint density at radius 2 is 1.82 bits per heavy atom. The number of methoxy groups -OCH3 is 1. The predicted octanol–water partition coefficient (Wildman–Crippen LogP) is 3.52. The SMILES string of the molecule is COc1ccc(NC(=O)c2cc3ccccc3c(=O)s2)cc1. The number of amides is 1. The monoisotopic (exact) mass is 311 g/mol. The summed E-state index contributed by atoms with van der Waals surface area (Å²) >= 11 is 0.950. The van der Waals surface area contributed by atoms with E-state index >= 15 is 0 Å². The van der Waals surface area contributed by atoms with Crippen LogP contribution in [0.3, 0.4) is 0 Å². The van der Waals surface area contributed by atoms with Crippen LogP contribution in [0.1, 0.15) is 9.67 Å². The van der Waals surface area contributed by atoms with E-state index in [1.165, 1.54) is 0 Å². The maximum absolute atomic E-state index is 12.3. The summed E-state index contributed by atoms with van der Waals surface area (Å²) in [5.41, 5.74) is 0.651. The van der Waals surface area contributed by atoms with E-state index in [0.717, 1.165) is 16.7 Å². The van der Waals surface area contributed by atoms with Gasteiger partial charge in [-0.3, -0.25) is 9.59 Å². The zero-order valence-electron chi connectivity index (χ0n) is 11.8. The van der Waals surface area contributed by atoms with Gasteiger partial charge in [-0.05, 0) is 41.8 Å². The molecule has 0 radical (unpaired) electrons. The summed E-state index contributed by atoms with van der Waals surface area (Å²) in [6, 6.07) is 16.0. The molecule has 1 heterocycles. The molecule has 0 unspecified atom stereocenters. The number of carbonyl (C=O) groups is 1. The third-order valence-corrected chi connectivity index (χ3v) is 4.17. The normalized spacial score (nSPS) is 10.4. The van der Waals surface area contributed by atoms with Gasteiger partial charge in [0.15, 0.2) is 0 Å². The van der Waals surface area contributed by atoms with E-state index in [2.05, 4.69) is 5.32 Å². The molecule has 3 rings (SSSR count). The van der Waals surface area contributed by atoms with Gasteiger partial charge in [0, 0.05) is 11.1 Å². The number of hydrogen-bond acceptors (Lipinski definition) is 4. The van der Waals surface area contributed by atoms with Crippen LogP contribution in [0.15, 0.2) is 59.4 Å². The highest BCUT2D eigenvalue weighted by Crippen LogP contribution is 2.18. The number of rotatable bonds is 3. The second-order valence-electron chi connectivity index (χ2n) is 4.67. The molecule has 0 saturated heterocycles. The molecule has 3 aromatic rings. The molecule has 1 amide bonds. The molecule has 22 heavy (non-hydrogen) atoms. The van der Waals surface area contributed by atoms with E-state index in [0.29, 0.717) is 21.7 Å². The van der Waals surface area contributed by atoms with Crippen molar-refractivity contribution >= 4 is 33.7 Å². The first-order valence-corrected chi connectivity index (χ1v) is 7.47. The van der Waals surface area contributed by atoms with Crippen LogP contribution in [0.4, 0.5) is 5.69 Å². The fraction of sp³-hybridized carbons (Fsp3) is 0.0588. The fourth-order valence-electron chi connectivity index (χ4n) is 2.11. The largest absolute Gasteiger partial charge is 0.497 e. The summed E-state index contributed by atoms with van der Waals surface area (Å²) in [4.78, 5) is 24.7. The van der Waals surface area contributed by atoms with Gasteiger partial charge in [-0.2, -0.15) is 0 Å². The number of benzene rings is 2. The molecule has 0 atom stereocenters. The first-order chi connectivity index (χ1) is 10.7. The highest BCUT2D eigenvalue weighted by molar-refractivity contribution is 7.12. The van der Waals surface area contributed by atoms with Gasteiger partial charge in [-0.15, -0.1) is 0 Å². The second-order valence-corrected chi connectivity index (χ2v) is 5.68. The third kappa shape index (κ3) is 2.84. The van der Waals surface area contributed by atoms with E-state index in [1.807, 2.05) is 18.2 Å². The van der Waals surface area contributed by atoms with Crippen molar-refractivity contribution in [1.29, 1.82) is 0 Å². The summed E-state index contributed by atoms with van der Waals surface area (Å²) < 4.78 is 4.96. The van der Waals surface area contributed by atoms with Crippen molar-refractivity contribution in [3.8, 4) is 5.75 Å². The van der Waals surface area contributed by atoms with Gasteiger partial charge in [0.25, 0.3) is 5.91 Å². The highest BCUT2D eigenvalue weighted by atomic mass is 32.1. The number of hydrogen-bond donors (Lipinski definition) is 1. The maximum atomic E-state index is 12.3. The van der Waals surface area contributed by atoms with Gasteiger partial charge in [0.2, 0.25) is 4.74 Å². The Morgan fingerprint density at radius 1 is 1.09 bits per heavy atom. The van der Waals surface area contributed by atoms with Gasteiger partial charge in [0.05, 0.1) is 12.0 Å². The number of nitrogens with one attached hydrogen (secondary N) is 1. The minimum atomic E-state index is -0.294. The van der Waals surface area contributed by atoms with Crippen LogP contribution >= 0.6 is 11.3 Å². The Balaban J connectivity index is 1.89. The molecular formula is C17H13NO3S. The van der Waals surface area contributed by atoms with Crippen molar-refractivity contribution < 1.29 is 9.53 Å². The molecule has 0 aliphatic heterocycles. The zero-order chi connectivity index (χ0) is 15.5. The van der Waals surface area contributed by atoms with Crippen molar-refractivity contribution in [2.45, 2.75) is 0 Å². The summed E-state index contributed by atoms with van der Waals surface area (Å²) in [5, 5.41) is 4.18. The van der Waals surface area contributed by atoms with Crippen molar-refractivity contribution in [3.05, 3.63) is 69.0 Å². The van der Waals surface area contributed by atoms with E-state index in [-0.39, 0.29) is 10.6 Å². The molecule has 0 bridgehead atoms. The lowest BCUT2D eigenvalue weighted by molar-refractivity contribution is 0.103. The van der Waals surface area contributed by atoms with Gasteiger partial charge in [-0.25, -0.2) is 0 Å². The van der Waals surface area contributed by atoms with Crippen LogP contribution in [0, 0.1) is 0 Å². The molecule has 5 heteroatoms. The van der Waals surface area contributed by atoms with Gasteiger partial charge in [0.1, 0.15) is 5.75 Å². The zero-order valence-corrected chi connectivity index (χ0v) is 12.6. The molecule has 0 fully saturated rings. The molecular weight excluding hydrogens is 298 g/mol. The summed E-state index contributed by atoms with van der Waals surface area (Å²) in [7, 11) is 1.58. The molecule has 2 aromatic carbocycles. The molecule has 110 valence electrons. The van der Waals surface area contributed by atoms with E-state index in [1.54, 1.807) is 43.5 Å². The van der Waals surface area contributed by atoms with Crippen LogP contribution < -0.4 is 14.8 Å². The van der Waals surface area contributed by atoms with Crippen molar-refractivity contribution in [2.75, 3.05) is 12.4 Å². The average Bonchev–Trinajstić information content (AvgIpc) is 2.55. The molecule has 0 aliphatic rings. The molecule has 1 aromatic heterocycles. The van der Waals surface area contributed by atoms with E-state index < -0.39 is 0 Å². The number of anilines is 1. The third-order valence-electron chi connectivity index (χ3n) is 3.24. The van der Waals surface area contributed by atoms with E-state index in [9.17, 15) is 9.59 Å². The van der Waals surface area contributed by atoms with E-state index in [4.69, 9.17) is 4.74 Å². The van der Waals surface area contributed by atoms with Crippen LogP contribution in [-0.2, 0) is 0 Å². The molecule has 0 spiro atoms. The molecule has 4 nitrogen and oxygen atoms in total. The number of fused-ring (bicyclic) bond motifs is 1. The van der Waals surface area contributed by atoms with Gasteiger partial charge >= 0.3 is 0 Å². The highest BCUT2D eigenvalue weighted by Gasteiger charge is 2.10. The first-order valence-electron chi connectivity index (χ1n) is 6.65. The Morgan fingerprint density at radius 3 is 2.55 bits per heavy atom. The second kappa shape index (κ2) is 5.99. The smallest absolute Gasteiger partial charge is 0.265 e. The van der Waals surface area contributed by atoms with Crippen molar-refractivity contribution in [2.24, 2.45) is 0 Å². The number of ether oxygens (including phenoxy) is 1.